The molecule has 0 radical (unpaired) electrons. The number of nitriles is 1. The number of rotatable bonds is 5. The molecule has 0 aliphatic carbocycles. The molecule has 0 atom stereocenters. The molecule has 1 aliphatic rings. The van der Waals surface area contributed by atoms with Crippen LogP contribution in [-0.2, 0) is 15.6 Å². The van der Waals surface area contributed by atoms with Gasteiger partial charge in [-0.2, -0.15) is 14.7 Å². The second kappa shape index (κ2) is 6.76. The first-order valence-corrected chi connectivity index (χ1v) is 10.7. The van der Waals surface area contributed by atoms with Crippen LogP contribution in [0.3, 0.4) is 0 Å². The number of aromatic amines is 1. The van der Waals surface area contributed by atoms with Gasteiger partial charge in [-0.1, -0.05) is 18.2 Å². The van der Waals surface area contributed by atoms with E-state index in [0.717, 1.165) is 22.3 Å². The van der Waals surface area contributed by atoms with Crippen molar-refractivity contribution in [3.63, 3.8) is 0 Å². The first-order chi connectivity index (χ1) is 14.5. The van der Waals surface area contributed by atoms with E-state index >= 15 is 0 Å². The van der Waals surface area contributed by atoms with Crippen LogP contribution in [0.1, 0.15) is 6.42 Å². The first-order valence-electron chi connectivity index (χ1n) is 9.29. The van der Waals surface area contributed by atoms with Crippen LogP contribution in [0.2, 0.25) is 0 Å². The number of aromatic nitrogens is 5. The number of benzene rings is 1. The Bertz CT molecular complexity index is 1360. The number of hydrogen-bond acceptors (Lipinski definition) is 6. The molecular weight excluding hydrogens is 402 g/mol. The summed E-state index contributed by atoms with van der Waals surface area (Å²) in [4.78, 5) is 11.9. The molecule has 30 heavy (non-hydrogen) atoms. The van der Waals surface area contributed by atoms with Gasteiger partial charge in [0.1, 0.15) is 17.5 Å². The number of hydrogen-bond donors (Lipinski definition) is 1. The standard InChI is InChI=1S/C20H17N7O2S/c21-8-7-20(12-26(13-20)30(28,29)16-4-2-1-3-5-16)27-11-15(10-25-27)18-17-6-9-22-19(17)24-14-23-18/h1-6,9-11,14H,7,12-13H2,(H,22,23,24). The van der Waals surface area contributed by atoms with Crippen LogP contribution >= 0.6 is 0 Å². The van der Waals surface area contributed by atoms with E-state index in [2.05, 4.69) is 26.1 Å². The molecule has 3 aromatic heterocycles. The smallest absolute Gasteiger partial charge is 0.243 e. The number of sulfonamides is 1. The zero-order chi connectivity index (χ0) is 20.8. The van der Waals surface area contributed by atoms with Crippen LogP contribution in [0.5, 0.6) is 0 Å². The van der Waals surface area contributed by atoms with E-state index in [-0.39, 0.29) is 24.4 Å². The fourth-order valence-electron chi connectivity index (χ4n) is 3.81. The molecule has 1 aliphatic heterocycles. The summed E-state index contributed by atoms with van der Waals surface area (Å²) in [7, 11) is -3.61. The minimum Gasteiger partial charge on any atom is -0.346 e. The van der Waals surface area contributed by atoms with Crippen molar-refractivity contribution in [2.75, 3.05) is 13.1 Å². The number of fused-ring (bicyclic) bond motifs is 1. The van der Waals surface area contributed by atoms with Crippen molar-refractivity contribution in [1.82, 2.24) is 29.0 Å². The van der Waals surface area contributed by atoms with Gasteiger partial charge in [0.2, 0.25) is 10.0 Å². The topological polar surface area (TPSA) is 121 Å². The van der Waals surface area contributed by atoms with Gasteiger partial charge in [0.15, 0.2) is 0 Å². The molecule has 0 spiro atoms. The fraction of sp³-hybridized carbons (Fsp3) is 0.200. The zero-order valence-corrected chi connectivity index (χ0v) is 16.6. The van der Waals surface area contributed by atoms with E-state index in [0.29, 0.717) is 0 Å². The summed E-state index contributed by atoms with van der Waals surface area (Å²) in [5.41, 5.74) is 1.53. The second-order valence-electron chi connectivity index (χ2n) is 7.28. The molecule has 0 unspecified atom stereocenters. The maximum atomic E-state index is 12.9. The van der Waals surface area contributed by atoms with Crippen molar-refractivity contribution in [1.29, 1.82) is 5.26 Å². The Balaban J connectivity index is 1.46. The summed E-state index contributed by atoms with van der Waals surface area (Å²) in [6, 6.07) is 12.4. The first kappa shape index (κ1) is 18.5. The van der Waals surface area contributed by atoms with Crippen molar-refractivity contribution < 1.29 is 8.42 Å². The number of nitrogens with zero attached hydrogens (tertiary/aromatic N) is 6. The van der Waals surface area contributed by atoms with Gasteiger partial charge in [0, 0.05) is 36.4 Å². The monoisotopic (exact) mass is 419 g/mol. The van der Waals surface area contributed by atoms with Gasteiger partial charge in [-0.25, -0.2) is 18.4 Å². The van der Waals surface area contributed by atoms with Crippen molar-refractivity contribution in [2.24, 2.45) is 0 Å². The van der Waals surface area contributed by atoms with Crippen LogP contribution in [0.4, 0.5) is 0 Å². The molecule has 0 saturated carbocycles. The lowest BCUT2D eigenvalue weighted by Crippen LogP contribution is -2.64. The molecule has 1 aromatic carbocycles. The Morgan fingerprint density at radius 2 is 1.97 bits per heavy atom. The summed E-state index contributed by atoms with van der Waals surface area (Å²) in [6.45, 7) is 0.366. The van der Waals surface area contributed by atoms with Crippen LogP contribution in [0, 0.1) is 11.3 Å². The largest absolute Gasteiger partial charge is 0.346 e. The molecule has 10 heteroatoms. The second-order valence-corrected chi connectivity index (χ2v) is 9.22. The van der Waals surface area contributed by atoms with E-state index in [9.17, 15) is 13.7 Å². The van der Waals surface area contributed by atoms with E-state index < -0.39 is 15.6 Å². The lowest BCUT2D eigenvalue weighted by atomic mass is 9.89. The summed E-state index contributed by atoms with van der Waals surface area (Å²) in [6.07, 6.45) is 6.93. The molecule has 5 rings (SSSR count). The molecule has 150 valence electrons. The summed E-state index contributed by atoms with van der Waals surface area (Å²) < 4.78 is 28.8. The summed E-state index contributed by atoms with van der Waals surface area (Å²) in [5.74, 6) is 0. The maximum Gasteiger partial charge on any atom is 0.243 e. The SMILES string of the molecule is N#CCC1(n2cc(-c3ncnc4[nH]ccc34)cn2)CN(S(=O)(=O)c2ccccc2)C1. The Morgan fingerprint density at radius 1 is 1.17 bits per heavy atom. The predicted octanol–water partition coefficient (Wildman–Crippen LogP) is 2.13. The van der Waals surface area contributed by atoms with Crippen LogP contribution < -0.4 is 0 Å². The molecule has 0 bridgehead atoms. The molecular formula is C20H17N7O2S. The molecule has 1 N–H and O–H groups in total. The third kappa shape index (κ3) is 2.79. The molecule has 1 fully saturated rings. The van der Waals surface area contributed by atoms with Crippen LogP contribution in [-0.4, -0.2) is 50.5 Å². The van der Waals surface area contributed by atoms with E-state index in [1.807, 2.05) is 12.3 Å². The molecule has 1 saturated heterocycles. The van der Waals surface area contributed by atoms with Crippen molar-refractivity contribution in [2.45, 2.75) is 16.9 Å². The molecule has 0 amide bonds. The number of nitrogens with one attached hydrogen (secondary N) is 1. The third-order valence-electron chi connectivity index (χ3n) is 5.43. The third-order valence-corrected chi connectivity index (χ3v) is 7.23. The van der Waals surface area contributed by atoms with Crippen LogP contribution in [0.15, 0.2) is 66.2 Å². The van der Waals surface area contributed by atoms with E-state index in [1.54, 1.807) is 47.4 Å². The van der Waals surface area contributed by atoms with Gasteiger partial charge in [-0.05, 0) is 18.2 Å². The molecule has 9 nitrogen and oxygen atoms in total. The van der Waals surface area contributed by atoms with Crippen molar-refractivity contribution in [3.05, 3.63) is 61.3 Å². The van der Waals surface area contributed by atoms with Crippen molar-refractivity contribution >= 4 is 21.1 Å². The Hall–Kier alpha value is -3.55. The predicted molar refractivity (Wildman–Crippen MR) is 109 cm³/mol. The van der Waals surface area contributed by atoms with Crippen molar-refractivity contribution in [3.8, 4) is 17.3 Å². The highest BCUT2D eigenvalue weighted by Gasteiger charge is 2.50. The quantitative estimate of drug-likeness (QED) is 0.529. The van der Waals surface area contributed by atoms with Gasteiger partial charge >= 0.3 is 0 Å². The zero-order valence-electron chi connectivity index (χ0n) is 15.8. The van der Waals surface area contributed by atoms with Gasteiger partial charge in [-0.15, -0.1) is 0 Å². The Labute approximate surface area is 172 Å². The normalized spacial score (nSPS) is 16.2. The highest BCUT2D eigenvalue weighted by Crippen LogP contribution is 2.37. The van der Waals surface area contributed by atoms with E-state index in [1.165, 1.54) is 10.6 Å². The number of H-pyrrole nitrogens is 1. The highest BCUT2D eigenvalue weighted by molar-refractivity contribution is 7.89. The Morgan fingerprint density at radius 3 is 2.73 bits per heavy atom. The average Bonchev–Trinajstić information content (AvgIpc) is 3.40. The van der Waals surface area contributed by atoms with Gasteiger partial charge in [0.05, 0.1) is 29.3 Å². The molecule has 4 aromatic rings. The fourth-order valence-corrected chi connectivity index (χ4v) is 5.43. The summed E-state index contributed by atoms with van der Waals surface area (Å²) in [5, 5.41) is 14.7. The minimum atomic E-state index is -3.61. The van der Waals surface area contributed by atoms with E-state index in [4.69, 9.17) is 0 Å². The summed E-state index contributed by atoms with van der Waals surface area (Å²) >= 11 is 0. The lowest BCUT2D eigenvalue weighted by Gasteiger charge is -2.47. The lowest BCUT2D eigenvalue weighted by molar-refractivity contribution is 0.0717. The van der Waals surface area contributed by atoms with Gasteiger partial charge in [0.25, 0.3) is 0 Å². The maximum absolute atomic E-state index is 12.9. The highest BCUT2D eigenvalue weighted by atomic mass is 32.2. The Kier molecular flexibility index (Phi) is 4.16. The van der Waals surface area contributed by atoms with Gasteiger partial charge < -0.3 is 4.98 Å². The minimum absolute atomic E-state index is 0.151. The molecule has 4 heterocycles. The van der Waals surface area contributed by atoms with Crippen LogP contribution in [0.25, 0.3) is 22.3 Å². The average molecular weight is 419 g/mol. The van der Waals surface area contributed by atoms with Gasteiger partial charge in [-0.3, -0.25) is 4.68 Å².